The van der Waals surface area contributed by atoms with Gasteiger partial charge in [0, 0.05) is 12.0 Å². The molecule has 0 heterocycles. The summed E-state index contributed by atoms with van der Waals surface area (Å²) in [5, 5.41) is 0. The molecule has 0 aromatic heterocycles. The van der Waals surface area contributed by atoms with Gasteiger partial charge in [-0.25, -0.2) is 4.39 Å². The first kappa shape index (κ1) is 11.7. The van der Waals surface area contributed by atoms with Gasteiger partial charge in [-0.05, 0) is 18.2 Å². The van der Waals surface area contributed by atoms with Crippen LogP contribution in [-0.2, 0) is 6.18 Å². The van der Waals surface area contributed by atoms with E-state index in [1.165, 1.54) is 6.92 Å². The third-order valence-corrected chi connectivity index (χ3v) is 1.87. The number of rotatable bonds is 2. The zero-order valence-corrected chi connectivity index (χ0v) is 7.86. The molecule has 0 N–H and O–H groups in total. The van der Waals surface area contributed by atoms with Gasteiger partial charge < -0.3 is 0 Å². The van der Waals surface area contributed by atoms with Crippen LogP contribution in [0.3, 0.4) is 0 Å². The van der Waals surface area contributed by atoms with Crippen LogP contribution in [0.4, 0.5) is 17.6 Å². The fourth-order valence-electron chi connectivity index (χ4n) is 1.12. The Morgan fingerprint density at radius 2 is 1.87 bits per heavy atom. The van der Waals surface area contributed by atoms with Crippen molar-refractivity contribution in [2.75, 3.05) is 0 Å². The van der Waals surface area contributed by atoms with Gasteiger partial charge in [-0.1, -0.05) is 6.92 Å². The van der Waals surface area contributed by atoms with Gasteiger partial charge in [0.2, 0.25) is 0 Å². The lowest BCUT2D eigenvalue weighted by molar-refractivity contribution is -0.137. The van der Waals surface area contributed by atoms with Crippen molar-refractivity contribution in [2.24, 2.45) is 0 Å². The van der Waals surface area contributed by atoms with E-state index in [1.54, 1.807) is 0 Å². The molecule has 82 valence electrons. The highest BCUT2D eigenvalue weighted by atomic mass is 19.4. The molecule has 0 spiro atoms. The van der Waals surface area contributed by atoms with Crippen molar-refractivity contribution in [3.63, 3.8) is 0 Å². The van der Waals surface area contributed by atoms with Crippen LogP contribution in [-0.4, -0.2) is 5.78 Å². The predicted molar refractivity (Wildman–Crippen MR) is 46.0 cm³/mol. The smallest absolute Gasteiger partial charge is 0.294 e. The quantitative estimate of drug-likeness (QED) is 0.551. The number of alkyl halides is 3. The molecule has 0 saturated carbocycles. The van der Waals surface area contributed by atoms with Crippen molar-refractivity contribution in [1.29, 1.82) is 0 Å². The Morgan fingerprint density at radius 3 is 2.33 bits per heavy atom. The molecule has 0 unspecified atom stereocenters. The van der Waals surface area contributed by atoms with Gasteiger partial charge in [-0.2, -0.15) is 13.2 Å². The fraction of sp³-hybridized carbons (Fsp3) is 0.300. The highest BCUT2D eigenvalue weighted by Gasteiger charge is 2.31. The first-order chi connectivity index (χ1) is 6.84. The van der Waals surface area contributed by atoms with Crippen LogP contribution >= 0.6 is 0 Å². The average molecular weight is 220 g/mol. The van der Waals surface area contributed by atoms with Crippen LogP contribution in [0.25, 0.3) is 0 Å². The molecule has 0 fully saturated rings. The van der Waals surface area contributed by atoms with E-state index in [9.17, 15) is 22.4 Å². The van der Waals surface area contributed by atoms with E-state index in [2.05, 4.69) is 0 Å². The predicted octanol–water partition coefficient (Wildman–Crippen LogP) is 3.44. The van der Waals surface area contributed by atoms with E-state index in [0.29, 0.717) is 12.1 Å². The third-order valence-electron chi connectivity index (χ3n) is 1.87. The van der Waals surface area contributed by atoms with Crippen LogP contribution in [0.1, 0.15) is 29.3 Å². The Labute approximate surface area is 83.7 Å². The van der Waals surface area contributed by atoms with Gasteiger partial charge in [-0.3, -0.25) is 4.79 Å². The lowest BCUT2D eigenvalue weighted by atomic mass is 10.1. The molecule has 0 aliphatic carbocycles. The second-order valence-corrected chi connectivity index (χ2v) is 3.00. The minimum atomic E-state index is -4.63. The molecule has 0 saturated heterocycles. The molecule has 0 amide bonds. The van der Waals surface area contributed by atoms with E-state index in [1.807, 2.05) is 0 Å². The lowest BCUT2D eigenvalue weighted by Crippen LogP contribution is -2.08. The summed E-state index contributed by atoms with van der Waals surface area (Å²) in [6.45, 7) is 1.50. The number of carbonyl (C=O) groups excluding carboxylic acids is 1. The van der Waals surface area contributed by atoms with E-state index < -0.39 is 23.3 Å². The van der Waals surface area contributed by atoms with Crippen molar-refractivity contribution in [3.05, 3.63) is 35.1 Å². The fourth-order valence-corrected chi connectivity index (χ4v) is 1.12. The summed E-state index contributed by atoms with van der Waals surface area (Å²) in [6.07, 6.45) is -4.59. The first-order valence-electron chi connectivity index (χ1n) is 4.25. The summed E-state index contributed by atoms with van der Waals surface area (Å²) in [4.78, 5) is 11.1. The average Bonchev–Trinajstić information content (AvgIpc) is 2.14. The number of carbonyl (C=O) groups is 1. The topological polar surface area (TPSA) is 17.1 Å². The Morgan fingerprint density at radius 1 is 1.27 bits per heavy atom. The van der Waals surface area contributed by atoms with Crippen molar-refractivity contribution in [3.8, 4) is 0 Å². The number of Topliss-reactive ketones (excluding diaryl/α,β-unsaturated/α-hetero) is 1. The number of benzene rings is 1. The molecule has 15 heavy (non-hydrogen) atoms. The van der Waals surface area contributed by atoms with Crippen molar-refractivity contribution >= 4 is 5.78 Å². The van der Waals surface area contributed by atoms with Gasteiger partial charge in [0.15, 0.2) is 5.78 Å². The summed E-state index contributed by atoms with van der Waals surface area (Å²) in [7, 11) is 0. The molecule has 5 heteroatoms. The molecular weight excluding hydrogens is 212 g/mol. The Kier molecular flexibility index (Phi) is 3.12. The molecule has 0 atom stereocenters. The molecule has 1 nitrogen and oxygen atoms in total. The second-order valence-electron chi connectivity index (χ2n) is 3.00. The maximum Gasteiger partial charge on any atom is 0.416 e. The van der Waals surface area contributed by atoms with Gasteiger partial charge >= 0.3 is 6.18 Å². The van der Waals surface area contributed by atoms with E-state index >= 15 is 0 Å². The maximum absolute atomic E-state index is 12.8. The van der Waals surface area contributed by atoms with E-state index in [-0.39, 0.29) is 12.0 Å². The largest absolute Gasteiger partial charge is 0.416 e. The van der Waals surface area contributed by atoms with Crippen LogP contribution in [0.2, 0.25) is 0 Å². The lowest BCUT2D eigenvalue weighted by Gasteiger charge is -2.08. The van der Waals surface area contributed by atoms with Crippen LogP contribution in [0.5, 0.6) is 0 Å². The molecular formula is C10H8F4O. The van der Waals surface area contributed by atoms with E-state index in [4.69, 9.17) is 0 Å². The summed E-state index contributed by atoms with van der Waals surface area (Å²) in [5.74, 6) is -1.57. The van der Waals surface area contributed by atoms with Gasteiger partial charge in [0.1, 0.15) is 5.82 Å². The Bertz CT molecular complexity index is 381. The molecule has 1 rings (SSSR count). The summed E-state index contributed by atoms with van der Waals surface area (Å²) >= 11 is 0. The number of ketones is 1. The number of hydrogen-bond acceptors (Lipinski definition) is 1. The highest BCUT2D eigenvalue weighted by molar-refractivity contribution is 5.96. The number of halogens is 4. The molecule has 0 radical (unpaired) electrons. The van der Waals surface area contributed by atoms with E-state index in [0.717, 1.165) is 6.07 Å². The summed E-state index contributed by atoms with van der Waals surface area (Å²) in [6, 6.07) is 1.84. The summed E-state index contributed by atoms with van der Waals surface area (Å²) in [5.41, 5.74) is -1.39. The van der Waals surface area contributed by atoms with Gasteiger partial charge in [0.05, 0.1) is 5.56 Å². The molecule has 0 aliphatic heterocycles. The van der Waals surface area contributed by atoms with Gasteiger partial charge in [0.25, 0.3) is 0 Å². The third kappa shape index (κ3) is 2.78. The Hall–Kier alpha value is -1.39. The minimum Gasteiger partial charge on any atom is -0.294 e. The molecule has 1 aromatic rings. The first-order valence-corrected chi connectivity index (χ1v) is 4.25. The normalized spacial score (nSPS) is 11.5. The van der Waals surface area contributed by atoms with Crippen LogP contribution in [0.15, 0.2) is 18.2 Å². The zero-order valence-electron chi connectivity index (χ0n) is 7.86. The minimum absolute atomic E-state index is 0.0424. The second kappa shape index (κ2) is 4.00. The van der Waals surface area contributed by atoms with Crippen LogP contribution in [0, 0.1) is 5.82 Å². The Balaban J connectivity index is 3.23. The monoisotopic (exact) mass is 220 g/mol. The van der Waals surface area contributed by atoms with Crippen LogP contribution < -0.4 is 0 Å². The highest BCUT2D eigenvalue weighted by Crippen LogP contribution is 2.30. The standard InChI is InChI=1S/C10H8F4O/c1-2-9(15)6-3-7(10(12,13)14)5-8(11)4-6/h3-5H,2H2,1H3. The zero-order chi connectivity index (χ0) is 11.6. The van der Waals surface area contributed by atoms with Crippen molar-refractivity contribution in [1.82, 2.24) is 0 Å². The molecule has 0 aliphatic rings. The maximum atomic E-state index is 12.8. The SMILES string of the molecule is CCC(=O)c1cc(F)cc(C(F)(F)F)c1. The van der Waals surface area contributed by atoms with Gasteiger partial charge in [-0.15, -0.1) is 0 Å². The number of hydrogen-bond donors (Lipinski definition) is 0. The van der Waals surface area contributed by atoms with Crippen molar-refractivity contribution < 1.29 is 22.4 Å². The summed E-state index contributed by atoms with van der Waals surface area (Å²) < 4.78 is 49.5. The molecule has 0 bridgehead atoms. The van der Waals surface area contributed by atoms with Crippen molar-refractivity contribution in [2.45, 2.75) is 19.5 Å². The molecule has 1 aromatic carbocycles.